The van der Waals surface area contributed by atoms with E-state index in [1.807, 2.05) is 6.07 Å². The lowest BCUT2D eigenvalue weighted by atomic mass is 10.2. The molecular formula is C13H21ClN2O2. The van der Waals surface area contributed by atoms with Gasteiger partial charge in [0.15, 0.2) is 0 Å². The number of nitrogens with zero attached hydrogens (tertiary/aromatic N) is 1. The van der Waals surface area contributed by atoms with E-state index >= 15 is 0 Å². The Balaban J connectivity index is 0.00000289. The second-order valence-corrected chi connectivity index (χ2v) is 4.16. The molecule has 0 aliphatic heterocycles. The summed E-state index contributed by atoms with van der Waals surface area (Å²) in [5.41, 5.74) is 1.13. The highest BCUT2D eigenvalue weighted by Gasteiger charge is 2.04. The fourth-order valence-corrected chi connectivity index (χ4v) is 1.69. The molecule has 0 atom stereocenters. The van der Waals surface area contributed by atoms with Crippen LogP contribution in [0.3, 0.4) is 0 Å². The Morgan fingerprint density at radius 2 is 2.06 bits per heavy atom. The van der Waals surface area contributed by atoms with Crippen molar-refractivity contribution >= 4 is 18.1 Å². The number of hydrogen-bond donors (Lipinski definition) is 1. The molecule has 1 aromatic carbocycles. The smallest absolute Gasteiger partial charge is 0.269 e. The molecule has 0 saturated heterocycles. The van der Waals surface area contributed by atoms with Gasteiger partial charge in [-0.25, -0.2) is 0 Å². The van der Waals surface area contributed by atoms with Crippen molar-refractivity contribution in [1.82, 2.24) is 5.32 Å². The fraction of sp³-hybridized carbons (Fsp3) is 0.538. The van der Waals surface area contributed by atoms with Crippen LogP contribution >= 0.6 is 12.4 Å². The molecule has 5 heteroatoms. The van der Waals surface area contributed by atoms with E-state index in [0.717, 1.165) is 12.1 Å². The number of nitro benzene ring substituents is 1. The normalized spacial score (nSPS) is 9.83. The Bertz CT molecular complexity index is 359. The molecule has 0 heterocycles. The number of nitro groups is 1. The summed E-state index contributed by atoms with van der Waals surface area (Å²) in [6.45, 7) is 3.87. The van der Waals surface area contributed by atoms with Crippen molar-refractivity contribution in [2.45, 2.75) is 39.2 Å². The number of nitrogens with one attached hydrogen (secondary N) is 1. The van der Waals surface area contributed by atoms with Gasteiger partial charge in [0.1, 0.15) is 0 Å². The van der Waals surface area contributed by atoms with Crippen molar-refractivity contribution in [3.05, 3.63) is 39.9 Å². The molecular weight excluding hydrogens is 252 g/mol. The summed E-state index contributed by atoms with van der Waals surface area (Å²) in [5.74, 6) is 0. The van der Waals surface area contributed by atoms with E-state index in [4.69, 9.17) is 0 Å². The number of halogens is 1. The molecule has 0 fully saturated rings. The van der Waals surface area contributed by atoms with Gasteiger partial charge < -0.3 is 5.32 Å². The van der Waals surface area contributed by atoms with Gasteiger partial charge in [0, 0.05) is 18.7 Å². The third-order valence-corrected chi connectivity index (χ3v) is 2.66. The van der Waals surface area contributed by atoms with Gasteiger partial charge in [-0.15, -0.1) is 12.4 Å². The summed E-state index contributed by atoms with van der Waals surface area (Å²) in [4.78, 5) is 10.2. The fourth-order valence-electron chi connectivity index (χ4n) is 1.69. The van der Waals surface area contributed by atoms with Crippen LogP contribution in [0, 0.1) is 10.1 Å². The van der Waals surface area contributed by atoms with Crippen LogP contribution in [0.15, 0.2) is 24.3 Å². The van der Waals surface area contributed by atoms with Crippen LogP contribution in [0.1, 0.15) is 38.2 Å². The molecule has 0 amide bonds. The van der Waals surface area contributed by atoms with E-state index in [2.05, 4.69) is 12.2 Å². The largest absolute Gasteiger partial charge is 0.313 e. The topological polar surface area (TPSA) is 55.2 Å². The second kappa shape index (κ2) is 9.85. The van der Waals surface area contributed by atoms with Gasteiger partial charge >= 0.3 is 0 Å². The van der Waals surface area contributed by atoms with Crippen molar-refractivity contribution in [3.8, 4) is 0 Å². The highest BCUT2D eigenvalue weighted by molar-refractivity contribution is 5.85. The first-order valence-corrected chi connectivity index (χ1v) is 6.18. The zero-order valence-electron chi connectivity index (χ0n) is 10.7. The molecule has 0 unspecified atom stereocenters. The third kappa shape index (κ3) is 6.57. The van der Waals surface area contributed by atoms with Gasteiger partial charge in [0.2, 0.25) is 0 Å². The summed E-state index contributed by atoms with van der Waals surface area (Å²) in [5, 5.41) is 13.9. The number of benzene rings is 1. The third-order valence-electron chi connectivity index (χ3n) is 2.66. The number of unbranched alkanes of at least 4 members (excludes halogenated alkanes) is 3. The van der Waals surface area contributed by atoms with Crippen LogP contribution in [-0.4, -0.2) is 11.5 Å². The molecule has 0 aromatic heterocycles. The lowest BCUT2D eigenvalue weighted by Crippen LogP contribution is -2.14. The van der Waals surface area contributed by atoms with Crippen LogP contribution in [-0.2, 0) is 6.54 Å². The molecule has 0 bridgehead atoms. The highest BCUT2D eigenvalue weighted by Crippen LogP contribution is 2.12. The maximum Gasteiger partial charge on any atom is 0.269 e. The zero-order chi connectivity index (χ0) is 12.5. The van der Waals surface area contributed by atoms with Crippen molar-refractivity contribution in [2.24, 2.45) is 0 Å². The summed E-state index contributed by atoms with van der Waals surface area (Å²) >= 11 is 0. The maximum absolute atomic E-state index is 10.6. The Morgan fingerprint density at radius 1 is 1.28 bits per heavy atom. The molecule has 0 saturated carbocycles. The monoisotopic (exact) mass is 272 g/mol. The van der Waals surface area contributed by atoms with Gasteiger partial charge in [-0.2, -0.15) is 0 Å². The number of non-ortho nitro benzene ring substituents is 1. The summed E-state index contributed by atoms with van der Waals surface area (Å²) in [7, 11) is 0. The first-order valence-electron chi connectivity index (χ1n) is 6.18. The van der Waals surface area contributed by atoms with Crippen molar-refractivity contribution in [2.75, 3.05) is 6.54 Å². The van der Waals surface area contributed by atoms with E-state index in [1.54, 1.807) is 12.1 Å². The van der Waals surface area contributed by atoms with Gasteiger partial charge in [0.05, 0.1) is 4.92 Å². The van der Waals surface area contributed by atoms with Gasteiger partial charge in [-0.3, -0.25) is 10.1 Å². The van der Waals surface area contributed by atoms with E-state index in [-0.39, 0.29) is 23.0 Å². The number of rotatable bonds is 8. The minimum absolute atomic E-state index is 0. The van der Waals surface area contributed by atoms with Crippen molar-refractivity contribution in [1.29, 1.82) is 0 Å². The molecule has 1 aromatic rings. The molecule has 4 nitrogen and oxygen atoms in total. The lowest BCUT2D eigenvalue weighted by Gasteiger charge is -2.04. The van der Waals surface area contributed by atoms with Crippen molar-refractivity contribution in [3.63, 3.8) is 0 Å². The Morgan fingerprint density at radius 3 is 2.72 bits per heavy atom. The second-order valence-electron chi connectivity index (χ2n) is 4.16. The van der Waals surface area contributed by atoms with Gasteiger partial charge in [-0.1, -0.05) is 38.3 Å². The van der Waals surface area contributed by atoms with Crippen LogP contribution in [0.4, 0.5) is 5.69 Å². The minimum Gasteiger partial charge on any atom is -0.313 e. The quantitative estimate of drug-likeness (QED) is 0.446. The first-order chi connectivity index (χ1) is 8.24. The molecule has 102 valence electrons. The molecule has 0 spiro atoms. The van der Waals surface area contributed by atoms with E-state index in [1.165, 1.54) is 31.7 Å². The predicted molar refractivity (Wildman–Crippen MR) is 76.2 cm³/mol. The Hall–Kier alpha value is -1.13. The van der Waals surface area contributed by atoms with Gasteiger partial charge in [-0.05, 0) is 18.5 Å². The lowest BCUT2D eigenvalue weighted by molar-refractivity contribution is -0.384. The first kappa shape index (κ1) is 16.9. The predicted octanol–water partition coefficient (Wildman–Crippen LogP) is 3.69. The molecule has 1 N–H and O–H groups in total. The van der Waals surface area contributed by atoms with E-state index in [9.17, 15) is 10.1 Å². The average Bonchev–Trinajstić information content (AvgIpc) is 2.34. The molecule has 0 radical (unpaired) electrons. The standard InChI is InChI=1S/C13H20N2O2.ClH/c1-2-3-4-5-9-14-11-12-7-6-8-13(10-12)15(16)17;/h6-8,10,14H,2-5,9,11H2,1H3;1H. The maximum atomic E-state index is 10.6. The average molecular weight is 273 g/mol. The SMILES string of the molecule is CCCCCCNCc1cccc([N+](=O)[O-])c1.Cl. The summed E-state index contributed by atoms with van der Waals surface area (Å²) in [6.07, 6.45) is 4.94. The molecule has 0 aliphatic rings. The van der Waals surface area contributed by atoms with Crippen LogP contribution in [0.2, 0.25) is 0 Å². The Kier molecular flexibility index (Phi) is 9.24. The molecule has 0 aliphatic carbocycles. The van der Waals surface area contributed by atoms with Crippen LogP contribution in [0.25, 0.3) is 0 Å². The minimum atomic E-state index is -0.356. The molecule has 18 heavy (non-hydrogen) atoms. The highest BCUT2D eigenvalue weighted by atomic mass is 35.5. The van der Waals surface area contributed by atoms with E-state index < -0.39 is 0 Å². The van der Waals surface area contributed by atoms with Crippen LogP contribution < -0.4 is 5.32 Å². The molecule has 1 rings (SSSR count). The Labute approximate surface area is 114 Å². The summed E-state index contributed by atoms with van der Waals surface area (Å²) in [6, 6.07) is 6.78. The van der Waals surface area contributed by atoms with E-state index in [0.29, 0.717) is 6.54 Å². The van der Waals surface area contributed by atoms with Crippen LogP contribution in [0.5, 0.6) is 0 Å². The van der Waals surface area contributed by atoms with Crippen molar-refractivity contribution < 1.29 is 4.92 Å². The number of hydrogen-bond acceptors (Lipinski definition) is 3. The zero-order valence-corrected chi connectivity index (χ0v) is 11.5. The van der Waals surface area contributed by atoms with Gasteiger partial charge in [0.25, 0.3) is 5.69 Å². The summed E-state index contributed by atoms with van der Waals surface area (Å²) < 4.78 is 0.